The van der Waals surface area contributed by atoms with E-state index in [2.05, 4.69) is 9.97 Å². The number of carbonyl (C=O) groups excluding carboxylic acids is 1. The van der Waals surface area contributed by atoms with Gasteiger partial charge in [-0.15, -0.1) is 0 Å². The molecule has 0 unspecified atom stereocenters. The molecule has 0 saturated heterocycles. The number of fused-ring (bicyclic) bond motifs is 1. The van der Waals surface area contributed by atoms with E-state index in [1.54, 1.807) is 41.1 Å². The maximum absolute atomic E-state index is 14.1. The molecule has 0 aliphatic carbocycles. The van der Waals surface area contributed by atoms with Crippen LogP contribution in [0.25, 0.3) is 16.6 Å². The van der Waals surface area contributed by atoms with Crippen LogP contribution in [0.3, 0.4) is 0 Å². The number of amides is 1. The zero-order valence-electron chi connectivity index (χ0n) is 21.5. The first-order valence-electron chi connectivity index (χ1n) is 12.4. The van der Waals surface area contributed by atoms with Crippen molar-refractivity contribution < 1.29 is 23.8 Å². The third-order valence-electron chi connectivity index (χ3n) is 6.54. The second-order valence-electron chi connectivity index (χ2n) is 9.02. The number of hydrogen-bond donors (Lipinski definition) is 1. The Morgan fingerprint density at radius 1 is 1.27 bits per heavy atom. The number of carboxylic acids is 1. The molecule has 3 heterocycles. The number of nitrogens with zero attached hydrogens (tertiary/aromatic N) is 5. The largest absolute Gasteiger partial charge is 0.478 e. The minimum absolute atomic E-state index is 0.00266. The number of imidazole rings is 1. The Labute approximate surface area is 237 Å². The van der Waals surface area contributed by atoms with E-state index in [1.165, 1.54) is 29.5 Å². The smallest absolute Gasteiger partial charge is 0.335 e. The monoisotopic (exact) mass is 577 g/mol. The van der Waals surface area contributed by atoms with E-state index >= 15 is 0 Å². The SMILES string of the molecule is CSCCn1c(C(=O)N2CC=C(c3cnc(OCc4ccc(C#N)cc4F)s3)CC2)nc2ccc(C(=O)O)cc21. The number of carbonyl (C=O) groups is 2. The fraction of sp³-hybridized carbons (Fsp3) is 0.250. The van der Waals surface area contributed by atoms with Gasteiger partial charge in [-0.1, -0.05) is 23.5 Å². The summed E-state index contributed by atoms with van der Waals surface area (Å²) in [6, 6.07) is 10.8. The fourth-order valence-electron chi connectivity index (χ4n) is 4.39. The van der Waals surface area contributed by atoms with Crippen molar-refractivity contribution in [2.24, 2.45) is 0 Å². The summed E-state index contributed by atoms with van der Waals surface area (Å²) in [6.07, 6.45) is 6.28. The summed E-state index contributed by atoms with van der Waals surface area (Å²) in [7, 11) is 0. The van der Waals surface area contributed by atoms with E-state index in [1.807, 2.05) is 23.0 Å². The lowest BCUT2D eigenvalue weighted by atomic mass is 10.1. The van der Waals surface area contributed by atoms with E-state index < -0.39 is 11.8 Å². The van der Waals surface area contributed by atoms with Gasteiger partial charge < -0.3 is 19.3 Å². The minimum Gasteiger partial charge on any atom is -0.478 e. The van der Waals surface area contributed by atoms with Crippen LogP contribution in [0.1, 0.15) is 43.4 Å². The summed E-state index contributed by atoms with van der Waals surface area (Å²) in [5.41, 5.74) is 2.99. The molecule has 1 amide bonds. The molecule has 0 saturated carbocycles. The highest BCUT2D eigenvalue weighted by Gasteiger charge is 2.26. The van der Waals surface area contributed by atoms with Crippen LogP contribution in [-0.2, 0) is 13.2 Å². The van der Waals surface area contributed by atoms with Crippen molar-refractivity contribution in [2.45, 2.75) is 19.6 Å². The Balaban J connectivity index is 1.28. The predicted octanol–water partition coefficient (Wildman–Crippen LogP) is 5.07. The molecule has 1 N–H and O–H groups in total. The first-order valence-corrected chi connectivity index (χ1v) is 14.6. The van der Waals surface area contributed by atoms with Crippen molar-refractivity contribution in [3.05, 3.63) is 81.9 Å². The number of aryl methyl sites for hydroxylation is 1. The summed E-state index contributed by atoms with van der Waals surface area (Å²) in [5, 5.41) is 18.7. The average molecular weight is 578 g/mol. The van der Waals surface area contributed by atoms with Crippen molar-refractivity contribution in [1.29, 1.82) is 5.26 Å². The number of benzene rings is 2. The molecule has 0 atom stereocenters. The highest BCUT2D eigenvalue weighted by molar-refractivity contribution is 7.98. The molecular formula is C28H24FN5O4S2. The number of hydrogen-bond acceptors (Lipinski definition) is 8. The van der Waals surface area contributed by atoms with Gasteiger partial charge in [0.25, 0.3) is 11.1 Å². The molecule has 1 aliphatic rings. The van der Waals surface area contributed by atoms with Crippen LogP contribution in [0.4, 0.5) is 4.39 Å². The molecule has 12 heteroatoms. The number of aromatic carboxylic acids is 1. The maximum Gasteiger partial charge on any atom is 0.335 e. The zero-order valence-corrected chi connectivity index (χ0v) is 23.1. The van der Waals surface area contributed by atoms with Crippen LogP contribution in [0, 0.1) is 17.1 Å². The van der Waals surface area contributed by atoms with Gasteiger partial charge >= 0.3 is 5.97 Å². The highest BCUT2D eigenvalue weighted by Crippen LogP contribution is 2.32. The van der Waals surface area contributed by atoms with Gasteiger partial charge in [0.1, 0.15) is 12.4 Å². The van der Waals surface area contributed by atoms with Crippen LogP contribution in [0.2, 0.25) is 0 Å². The molecule has 5 rings (SSSR count). The van der Waals surface area contributed by atoms with E-state index in [9.17, 15) is 19.1 Å². The number of thiazole rings is 1. The number of aromatic nitrogens is 3. The third-order valence-corrected chi connectivity index (χ3v) is 8.11. The van der Waals surface area contributed by atoms with E-state index in [4.69, 9.17) is 10.00 Å². The number of rotatable bonds is 9. The van der Waals surface area contributed by atoms with Crippen LogP contribution in [-0.4, -0.2) is 61.5 Å². The molecule has 1 aliphatic heterocycles. The number of ether oxygens (including phenoxy) is 1. The van der Waals surface area contributed by atoms with Gasteiger partial charge in [-0.2, -0.15) is 17.0 Å². The van der Waals surface area contributed by atoms with Crippen LogP contribution < -0.4 is 4.74 Å². The van der Waals surface area contributed by atoms with Crippen molar-refractivity contribution in [1.82, 2.24) is 19.4 Å². The fourth-order valence-corrected chi connectivity index (χ4v) is 5.59. The number of thioether (sulfide) groups is 1. The number of nitriles is 1. The van der Waals surface area contributed by atoms with E-state index in [0.29, 0.717) is 53.7 Å². The van der Waals surface area contributed by atoms with Crippen molar-refractivity contribution in [3.63, 3.8) is 0 Å². The Bertz CT molecular complexity index is 1670. The summed E-state index contributed by atoms with van der Waals surface area (Å²) in [5.74, 6) is -0.686. The van der Waals surface area contributed by atoms with Gasteiger partial charge in [0.15, 0.2) is 5.82 Å². The summed E-state index contributed by atoms with van der Waals surface area (Å²) < 4.78 is 21.6. The lowest BCUT2D eigenvalue weighted by molar-refractivity contribution is 0.0696. The molecule has 2 aromatic heterocycles. The number of halogens is 1. The third kappa shape index (κ3) is 5.71. The van der Waals surface area contributed by atoms with E-state index in [0.717, 1.165) is 16.2 Å². The lowest BCUT2D eigenvalue weighted by Crippen LogP contribution is -2.36. The quantitative estimate of drug-likeness (QED) is 0.293. The maximum atomic E-state index is 14.1. The van der Waals surface area contributed by atoms with Gasteiger partial charge in [0.2, 0.25) is 0 Å². The van der Waals surface area contributed by atoms with Crippen molar-refractivity contribution >= 4 is 51.6 Å². The lowest BCUT2D eigenvalue weighted by Gasteiger charge is -2.26. The van der Waals surface area contributed by atoms with Crippen LogP contribution >= 0.6 is 23.1 Å². The normalized spacial score (nSPS) is 13.2. The topological polar surface area (TPSA) is 121 Å². The van der Waals surface area contributed by atoms with Crippen LogP contribution in [0.15, 0.2) is 48.7 Å². The second kappa shape index (κ2) is 11.9. The van der Waals surface area contributed by atoms with Crippen molar-refractivity contribution in [3.8, 4) is 11.3 Å². The summed E-state index contributed by atoms with van der Waals surface area (Å²) in [6.45, 7) is 1.41. The van der Waals surface area contributed by atoms with Crippen molar-refractivity contribution in [2.75, 3.05) is 25.1 Å². The molecule has 0 fully saturated rings. The standard InChI is InChI=1S/C28H24FN5O4S2/c1-39-11-10-34-23-13-19(27(36)37)4-5-22(23)32-25(34)26(35)33-8-6-18(7-9-33)24-15-31-28(40-24)38-16-20-3-2-17(14-30)12-21(20)29/h2-6,12-13,15H,7-11,16H2,1H3,(H,36,37). The molecular weight excluding hydrogens is 553 g/mol. The molecule has 0 bridgehead atoms. The average Bonchev–Trinajstić information content (AvgIpc) is 3.59. The first kappa shape index (κ1) is 27.4. The Morgan fingerprint density at radius 2 is 2.12 bits per heavy atom. The minimum atomic E-state index is -1.03. The first-order chi connectivity index (χ1) is 19.4. The van der Waals surface area contributed by atoms with E-state index in [-0.39, 0.29) is 23.6 Å². The Morgan fingerprint density at radius 3 is 2.83 bits per heavy atom. The molecule has 4 aromatic rings. The van der Waals surface area contributed by atoms with Gasteiger partial charge in [-0.05, 0) is 48.6 Å². The second-order valence-corrected chi connectivity index (χ2v) is 11.0. The summed E-state index contributed by atoms with van der Waals surface area (Å²) >= 11 is 2.98. The molecule has 0 radical (unpaired) electrons. The predicted molar refractivity (Wildman–Crippen MR) is 151 cm³/mol. The van der Waals surface area contributed by atoms with Gasteiger partial charge in [-0.3, -0.25) is 4.79 Å². The number of carboxylic acid groups (broad SMARTS) is 1. The molecule has 9 nitrogen and oxygen atoms in total. The van der Waals surface area contributed by atoms with Gasteiger partial charge in [0, 0.05) is 37.1 Å². The Hall–Kier alpha value is -4.21. The molecule has 40 heavy (non-hydrogen) atoms. The van der Waals surface area contributed by atoms with Crippen LogP contribution in [0.5, 0.6) is 5.19 Å². The molecule has 0 spiro atoms. The zero-order chi connectivity index (χ0) is 28.2. The molecule has 204 valence electrons. The van der Waals surface area contributed by atoms with Gasteiger partial charge in [-0.25, -0.2) is 19.2 Å². The highest BCUT2D eigenvalue weighted by atomic mass is 32.2. The Kier molecular flexibility index (Phi) is 8.14. The summed E-state index contributed by atoms with van der Waals surface area (Å²) in [4.78, 5) is 36.5. The van der Waals surface area contributed by atoms with Gasteiger partial charge in [0.05, 0.1) is 33.1 Å². The molecule has 2 aromatic carbocycles.